The molecule has 0 saturated carbocycles. The van der Waals surface area contributed by atoms with Crippen molar-refractivity contribution < 1.29 is 22.4 Å². The molecule has 1 aromatic carbocycles. The minimum absolute atomic E-state index is 0.0140. The normalized spacial score (nSPS) is 11.5. The number of anilines is 2. The minimum Gasteiger partial charge on any atom is -0.319 e. The molecule has 0 aliphatic carbocycles. The molecule has 0 saturated heterocycles. The van der Waals surface area contributed by atoms with Gasteiger partial charge in [0.15, 0.2) is 5.82 Å². The molecule has 25 heavy (non-hydrogen) atoms. The molecular formula is C16H15F4N3OS. The zero-order chi connectivity index (χ0) is 18.6. The standard InChI is InChI=1S/C16H15F4N3OS/c1-9(2)25-23-14-13(7-11(8-21-14)16(18,19)20)22-15(24)10-4-3-5-12(17)6-10/h3-9H,1-2H3,(H,21,23)(H,22,24). The van der Waals surface area contributed by atoms with Crippen LogP contribution in [0.2, 0.25) is 0 Å². The summed E-state index contributed by atoms with van der Waals surface area (Å²) in [6.07, 6.45) is -3.92. The summed E-state index contributed by atoms with van der Waals surface area (Å²) in [5.41, 5.74) is -1.15. The summed E-state index contributed by atoms with van der Waals surface area (Å²) < 4.78 is 54.7. The van der Waals surface area contributed by atoms with Gasteiger partial charge in [-0.05, 0) is 36.2 Å². The lowest BCUT2D eigenvalue weighted by molar-refractivity contribution is -0.137. The van der Waals surface area contributed by atoms with Crippen molar-refractivity contribution in [3.05, 3.63) is 53.5 Å². The van der Waals surface area contributed by atoms with Crippen molar-refractivity contribution in [1.82, 2.24) is 4.98 Å². The summed E-state index contributed by atoms with van der Waals surface area (Å²) in [6, 6.07) is 5.63. The van der Waals surface area contributed by atoms with Gasteiger partial charge >= 0.3 is 6.18 Å². The Morgan fingerprint density at radius 3 is 2.56 bits per heavy atom. The first kappa shape index (κ1) is 19.0. The van der Waals surface area contributed by atoms with Crippen LogP contribution in [-0.2, 0) is 6.18 Å². The summed E-state index contributed by atoms with van der Waals surface area (Å²) in [6.45, 7) is 3.76. The summed E-state index contributed by atoms with van der Waals surface area (Å²) in [5, 5.41) is 2.48. The fourth-order valence-corrected chi connectivity index (χ4v) is 2.30. The molecule has 9 heteroatoms. The number of benzene rings is 1. The Morgan fingerprint density at radius 1 is 1.24 bits per heavy atom. The van der Waals surface area contributed by atoms with Crippen molar-refractivity contribution in [2.24, 2.45) is 0 Å². The molecule has 2 N–H and O–H groups in total. The van der Waals surface area contributed by atoms with E-state index in [1.165, 1.54) is 24.1 Å². The van der Waals surface area contributed by atoms with E-state index in [0.717, 1.165) is 18.2 Å². The lowest BCUT2D eigenvalue weighted by Gasteiger charge is -2.15. The van der Waals surface area contributed by atoms with Crippen LogP contribution < -0.4 is 10.0 Å². The third-order valence-electron chi connectivity index (χ3n) is 2.94. The molecule has 0 aliphatic heterocycles. The van der Waals surface area contributed by atoms with Crippen molar-refractivity contribution in [2.75, 3.05) is 10.0 Å². The molecule has 2 rings (SSSR count). The van der Waals surface area contributed by atoms with E-state index >= 15 is 0 Å². The largest absolute Gasteiger partial charge is 0.417 e. The maximum absolute atomic E-state index is 13.2. The van der Waals surface area contributed by atoms with Crippen molar-refractivity contribution >= 4 is 29.4 Å². The fraction of sp³-hybridized carbons (Fsp3) is 0.250. The molecular weight excluding hydrogens is 358 g/mol. The van der Waals surface area contributed by atoms with E-state index in [4.69, 9.17) is 0 Å². The molecule has 1 amide bonds. The second kappa shape index (κ2) is 7.73. The van der Waals surface area contributed by atoms with E-state index in [1.807, 2.05) is 13.8 Å². The number of hydrogen-bond acceptors (Lipinski definition) is 4. The van der Waals surface area contributed by atoms with Gasteiger partial charge in [0, 0.05) is 17.0 Å². The van der Waals surface area contributed by atoms with Crippen molar-refractivity contribution in [3.63, 3.8) is 0 Å². The number of carbonyl (C=O) groups excluding carboxylic acids is 1. The molecule has 134 valence electrons. The van der Waals surface area contributed by atoms with E-state index in [9.17, 15) is 22.4 Å². The van der Waals surface area contributed by atoms with Crippen LogP contribution in [0.4, 0.5) is 29.1 Å². The third kappa shape index (κ3) is 5.35. The fourth-order valence-electron chi connectivity index (χ4n) is 1.79. The second-order valence-corrected chi connectivity index (χ2v) is 6.73. The molecule has 1 heterocycles. The molecule has 0 radical (unpaired) electrons. The molecule has 1 aromatic heterocycles. The van der Waals surface area contributed by atoms with Gasteiger partial charge < -0.3 is 10.0 Å². The Morgan fingerprint density at radius 2 is 1.96 bits per heavy atom. The van der Waals surface area contributed by atoms with Crippen LogP contribution in [0.1, 0.15) is 29.8 Å². The van der Waals surface area contributed by atoms with Gasteiger partial charge in [0.1, 0.15) is 5.82 Å². The molecule has 0 fully saturated rings. The number of nitrogens with zero attached hydrogens (tertiary/aromatic N) is 1. The van der Waals surface area contributed by atoms with Gasteiger partial charge in [-0.3, -0.25) is 4.79 Å². The zero-order valence-corrected chi connectivity index (χ0v) is 14.1. The van der Waals surface area contributed by atoms with Crippen molar-refractivity contribution in [2.45, 2.75) is 25.3 Å². The number of carbonyl (C=O) groups is 1. The maximum Gasteiger partial charge on any atom is 0.417 e. The summed E-state index contributed by atoms with van der Waals surface area (Å²) in [4.78, 5) is 15.9. The number of nitrogens with one attached hydrogen (secondary N) is 2. The maximum atomic E-state index is 13.2. The predicted molar refractivity (Wildman–Crippen MR) is 89.9 cm³/mol. The highest BCUT2D eigenvalue weighted by atomic mass is 32.2. The van der Waals surface area contributed by atoms with Crippen LogP contribution in [-0.4, -0.2) is 16.1 Å². The first-order valence-corrected chi connectivity index (χ1v) is 8.10. The highest BCUT2D eigenvalue weighted by Gasteiger charge is 2.32. The molecule has 0 atom stereocenters. The SMILES string of the molecule is CC(C)SNc1ncc(C(F)(F)F)cc1NC(=O)c1cccc(F)c1. The summed E-state index contributed by atoms with van der Waals surface area (Å²) in [7, 11) is 0. The lowest BCUT2D eigenvalue weighted by atomic mass is 10.2. The number of aromatic nitrogens is 1. The number of hydrogen-bond donors (Lipinski definition) is 2. The number of rotatable bonds is 5. The van der Waals surface area contributed by atoms with Gasteiger partial charge in [-0.2, -0.15) is 13.2 Å². The van der Waals surface area contributed by atoms with Crippen LogP contribution in [0.5, 0.6) is 0 Å². The minimum atomic E-state index is -4.60. The summed E-state index contributed by atoms with van der Waals surface area (Å²) in [5.74, 6) is -1.28. The van der Waals surface area contributed by atoms with E-state index in [-0.39, 0.29) is 22.3 Å². The molecule has 0 aliphatic rings. The van der Waals surface area contributed by atoms with Crippen LogP contribution in [0.25, 0.3) is 0 Å². The van der Waals surface area contributed by atoms with Gasteiger partial charge in [0.05, 0.1) is 11.3 Å². The molecule has 0 unspecified atom stereocenters. The van der Waals surface area contributed by atoms with Crippen LogP contribution in [0.3, 0.4) is 0 Å². The number of alkyl halides is 3. The van der Waals surface area contributed by atoms with E-state index < -0.39 is 23.5 Å². The Balaban J connectivity index is 2.33. The van der Waals surface area contributed by atoms with E-state index in [0.29, 0.717) is 6.20 Å². The van der Waals surface area contributed by atoms with Crippen LogP contribution >= 0.6 is 11.9 Å². The Kier molecular flexibility index (Phi) is 5.89. The van der Waals surface area contributed by atoms with Crippen LogP contribution in [0, 0.1) is 5.82 Å². The topological polar surface area (TPSA) is 54.0 Å². The number of pyridine rings is 1. The van der Waals surface area contributed by atoms with Gasteiger partial charge in [-0.25, -0.2) is 9.37 Å². The monoisotopic (exact) mass is 373 g/mol. The smallest absolute Gasteiger partial charge is 0.319 e. The van der Waals surface area contributed by atoms with Gasteiger partial charge in [0.25, 0.3) is 5.91 Å². The highest BCUT2D eigenvalue weighted by molar-refractivity contribution is 8.01. The number of amides is 1. The zero-order valence-electron chi connectivity index (χ0n) is 13.3. The Labute approximate surface area is 146 Å². The summed E-state index contributed by atoms with van der Waals surface area (Å²) >= 11 is 1.23. The van der Waals surface area contributed by atoms with Crippen molar-refractivity contribution in [1.29, 1.82) is 0 Å². The predicted octanol–water partition coefficient (Wildman–Crippen LogP) is 4.96. The highest BCUT2D eigenvalue weighted by Crippen LogP contribution is 2.33. The van der Waals surface area contributed by atoms with Gasteiger partial charge in [0.2, 0.25) is 0 Å². The average Bonchev–Trinajstić information content (AvgIpc) is 2.52. The molecule has 0 bridgehead atoms. The first-order valence-electron chi connectivity index (χ1n) is 7.22. The van der Waals surface area contributed by atoms with E-state index in [2.05, 4.69) is 15.0 Å². The average molecular weight is 373 g/mol. The second-order valence-electron chi connectivity index (χ2n) is 5.35. The first-order chi connectivity index (χ1) is 11.7. The Hall–Kier alpha value is -2.29. The molecule has 2 aromatic rings. The van der Waals surface area contributed by atoms with E-state index in [1.54, 1.807) is 0 Å². The molecule has 0 spiro atoms. The quantitative estimate of drug-likeness (QED) is 0.575. The van der Waals surface area contributed by atoms with Gasteiger partial charge in [-0.15, -0.1) is 0 Å². The van der Waals surface area contributed by atoms with Crippen molar-refractivity contribution in [3.8, 4) is 0 Å². The van der Waals surface area contributed by atoms with Crippen LogP contribution in [0.15, 0.2) is 36.5 Å². The van der Waals surface area contributed by atoms with Gasteiger partial charge in [-0.1, -0.05) is 19.9 Å². The number of halogens is 4. The lowest BCUT2D eigenvalue weighted by Crippen LogP contribution is -2.15. The Bertz CT molecular complexity index is 765. The molecule has 4 nitrogen and oxygen atoms in total. The third-order valence-corrected chi connectivity index (χ3v) is 3.72.